The average Bonchev–Trinajstić information content (AvgIpc) is 3.84. The Morgan fingerprint density at radius 3 is 1.44 bits per heavy atom. The lowest BCUT2D eigenvalue weighted by atomic mass is 9.98. The highest BCUT2D eigenvalue weighted by Gasteiger charge is 2.50. The Labute approximate surface area is 308 Å². The fourth-order valence-electron chi connectivity index (χ4n) is 7.49. The molecule has 3 heterocycles. The third-order valence-corrected chi connectivity index (χ3v) is 10.5. The molecule has 2 aliphatic rings. The summed E-state index contributed by atoms with van der Waals surface area (Å²) in [7, 11) is 0. The van der Waals surface area contributed by atoms with Crippen LogP contribution in [0.15, 0.2) is 61.1 Å². The molecule has 0 amide bonds. The molecule has 1 aromatic heterocycles. The number of aromatic nitrogens is 2. The summed E-state index contributed by atoms with van der Waals surface area (Å²) in [5.74, 6) is -0.361. The summed E-state index contributed by atoms with van der Waals surface area (Å²) in [6, 6.07) is 0. The first-order valence-corrected chi connectivity index (χ1v) is 21.4. The third-order valence-electron chi connectivity index (χ3n) is 10.5. The summed E-state index contributed by atoms with van der Waals surface area (Å²) < 4.78 is 13.7. The van der Waals surface area contributed by atoms with E-state index in [4.69, 9.17) is 9.47 Å². The first kappa shape index (κ1) is 42.5. The zero-order valence-electron chi connectivity index (χ0n) is 32.6. The van der Waals surface area contributed by atoms with Gasteiger partial charge in [0.25, 0.3) is 0 Å². The number of H-pyrrole nitrogens is 1. The molecule has 1 N–H and O–H groups in total. The van der Waals surface area contributed by atoms with Gasteiger partial charge >= 0.3 is 0 Å². The van der Waals surface area contributed by atoms with Gasteiger partial charge in [-0.1, -0.05) is 140 Å². The lowest BCUT2D eigenvalue weighted by Gasteiger charge is -2.30. The molecule has 0 spiro atoms. The van der Waals surface area contributed by atoms with Crippen molar-refractivity contribution >= 4 is 0 Å². The Morgan fingerprint density at radius 2 is 1.02 bits per heavy atom. The lowest BCUT2D eigenvalue weighted by molar-refractivity contribution is -0.194. The first-order chi connectivity index (χ1) is 24.7. The molecule has 0 saturated carbocycles. The van der Waals surface area contributed by atoms with Crippen molar-refractivity contribution in [2.45, 2.75) is 205 Å². The fraction of sp³-hybridized carbons (Fsp3) is 0.756. The Kier molecular flexibility index (Phi) is 24.3. The van der Waals surface area contributed by atoms with E-state index in [1.165, 1.54) is 147 Å². The maximum atomic E-state index is 6.86. The molecule has 0 radical (unpaired) electrons. The van der Waals surface area contributed by atoms with E-state index in [2.05, 4.69) is 77.3 Å². The standard InChI is InChI=1S/C45H77N3O2/c1-3-5-7-9-11-13-15-17-19-21-23-25-27-29-31-33-35-45(49-43-39-48(40-44(43)50-45)38-42-37-46-41-47-42)36-34-32-30-28-26-24-22-20-18-16-14-12-10-8-6-4-2/h11-14,17-20,37,41,43-44H,3-10,15-16,21-36,38-40H2,1-2H3,(H,46,47). The van der Waals surface area contributed by atoms with E-state index in [1.54, 1.807) is 6.33 Å². The molecular weight excluding hydrogens is 615 g/mol. The second kappa shape index (κ2) is 28.6. The van der Waals surface area contributed by atoms with E-state index >= 15 is 0 Å². The van der Waals surface area contributed by atoms with Crippen LogP contribution in [0.3, 0.4) is 0 Å². The maximum absolute atomic E-state index is 6.86. The molecule has 5 heteroatoms. The number of imidazole rings is 1. The van der Waals surface area contributed by atoms with E-state index in [9.17, 15) is 0 Å². The number of aromatic amines is 1. The quantitative estimate of drug-likeness (QED) is 0.0603. The van der Waals surface area contributed by atoms with E-state index in [0.717, 1.165) is 45.3 Å². The summed E-state index contributed by atoms with van der Waals surface area (Å²) in [5, 5.41) is 0. The van der Waals surface area contributed by atoms with E-state index in [-0.39, 0.29) is 18.0 Å². The van der Waals surface area contributed by atoms with Crippen LogP contribution in [0.2, 0.25) is 0 Å². The molecule has 0 aromatic carbocycles. The van der Waals surface area contributed by atoms with Crippen LogP contribution in [0.25, 0.3) is 0 Å². The SMILES string of the molecule is CCCCCC=CCC=CCCCCCCCCC1(CCCCCCCCC=CCC=CCCCCC)OC2CN(Cc3cnc[nH]3)CC2O1. The van der Waals surface area contributed by atoms with E-state index < -0.39 is 0 Å². The van der Waals surface area contributed by atoms with Gasteiger partial charge in [-0.2, -0.15) is 0 Å². The fourth-order valence-corrected chi connectivity index (χ4v) is 7.49. The average molecular weight is 692 g/mol. The smallest absolute Gasteiger partial charge is 0.169 e. The second-order valence-corrected chi connectivity index (χ2v) is 15.2. The number of allylic oxidation sites excluding steroid dienone is 8. The minimum Gasteiger partial charge on any atom is -0.347 e. The molecule has 0 aliphatic carbocycles. The molecule has 1 aromatic rings. The van der Waals surface area contributed by atoms with Gasteiger partial charge in [0.1, 0.15) is 12.2 Å². The highest BCUT2D eigenvalue weighted by Crippen LogP contribution is 2.40. The van der Waals surface area contributed by atoms with E-state index in [0.29, 0.717) is 0 Å². The van der Waals surface area contributed by atoms with Gasteiger partial charge in [0.05, 0.1) is 6.33 Å². The molecule has 5 nitrogen and oxygen atoms in total. The lowest BCUT2D eigenvalue weighted by Crippen LogP contribution is -2.35. The van der Waals surface area contributed by atoms with Crippen LogP contribution in [0.5, 0.6) is 0 Å². The summed E-state index contributed by atoms with van der Waals surface area (Å²) in [6.45, 7) is 7.35. The third kappa shape index (κ3) is 19.6. The van der Waals surface area contributed by atoms with Crippen LogP contribution in [-0.2, 0) is 16.0 Å². The zero-order chi connectivity index (χ0) is 35.2. The number of rotatable bonds is 32. The summed E-state index contributed by atoms with van der Waals surface area (Å²) in [4.78, 5) is 9.89. The molecular formula is C45H77N3O2. The van der Waals surface area contributed by atoms with Gasteiger partial charge in [0.15, 0.2) is 5.79 Å². The number of fused-ring (bicyclic) bond motifs is 1. The van der Waals surface area contributed by atoms with Crippen molar-refractivity contribution in [1.82, 2.24) is 14.9 Å². The number of likely N-dealkylation sites (tertiary alicyclic amines) is 1. The summed E-state index contributed by atoms with van der Waals surface area (Å²) in [6.07, 6.45) is 55.8. The molecule has 2 saturated heterocycles. The molecule has 3 rings (SSSR count). The molecule has 2 fully saturated rings. The van der Waals surface area contributed by atoms with Crippen molar-refractivity contribution in [2.75, 3.05) is 13.1 Å². The monoisotopic (exact) mass is 692 g/mol. The van der Waals surface area contributed by atoms with Crippen LogP contribution in [0, 0.1) is 0 Å². The van der Waals surface area contributed by atoms with Gasteiger partial charge in [0.2, 0.25) is 0 Å². The van der Waals surface area contributed by atoms with Gasteiger partial charge in [-0.25, -0.2) is 4.98 Å². The molecule has 284 valence electrons. The van der Waals surface area contributed by atoms with E-state index in [1.807, 2.05) is 6.20 Å². The van der Waals surface area contributed by atoms with Crippen molar-refractivity contribution in [3.05, 3.63) is 66.8 Å². The summed E-state index contributed by atoms with van der Waals surface area (Å²) in [5.41, 5.74) is 1.17. The Hall–Kier alpha value is -1.95. The predicted octanol–water partition coefficient (Wildman–Crippen LogP) is 13.1. The van der Waals surface area contributed by atoms with Crippen LogP contribution < -0.4 is 0 Å². The number of nitrogens with zero attached hydrogens (tertiary/aromatic N) is 2. The van der Waals surface area contributed by atoms with Crippen molar-refractivity contribution in [3.63, 3.8) is 0 Å². The topological polar surface area (TPSA) is 50.4 Å². The van der Waals surface area contributed by atoms with Gasteiger partial charge in [0, 0.05) is 44.4 Å². The summed E-state index contributed by atoms with van der Waals surface area (Å²) >= 11 is 0. The largest absolute Gasteiger partial charge is 0.347 e. The van der Waals surface area contributed by atoms with Crippen molar-refractivity contribution in [1.29, 1.82) is 0 Å². The minimum absolute atomic E-state index is 0.201. The van der Waals surface area contributed by atoms with Crippen LogP contribution in [0.4, 0.5) is 0 Å². The normalized spacial score (nSPS) is 21.3. The number of ether oxygens (including phenoxy) is 2. The van der Waals surface area contributed by atoms with Crippen molar-refractivity contribution in [3.8, 4) is 0 Å². The zero-order valence-corrected chi connectivity index (χ0v) is 32.6. The van der Waals surface area contributed by atoms with Crippen molar-refractivity contribution in [2.24, 2.45) is 0 Å². The number of unbranched alkanes of at least 4 members (excludes halogenated alkanes) is 18. The second-order valence-electron chi connectivity index (χ2n) is 15.2. The highest BCUT2D eigenvalue weighted by atomic mass is 16.8. The van der Waals surface area contributed by atoms with Gasteiger partial charge in [-0.15, -0.1) is 0 Å². The predicted molar refractivity (Wildman–Crippen MR) is 214 cm³/mol. The Balaban J connectivity index is 1.26. The van der Waals surface area contributed by atoms with Gasteiger partial charge in [-0.05, 0) is 77.0 Å². The number of nitrogens with one attached hydrogen (secondary N) is 1. The molecule has 2 unspecified atom stereocenters. The molecule has 2 aliphatic heterocycles. The van der Waals surface area contributed by atoms with Crippen molar-refractivity contribution < 1.29 is 9.47 Å². The van der Waals surface area contributed by atoms with Crippen LogP contribution in [0.1, 0.15) is 186 Å². The maximum Gasteiger partial charge on any atom is 0.169 e. The Bertz CT molecular complexity index is 965. The molecule has 50 heavy (non-hydrogen) atoms. The number of hydrogen-bond donors (Lipinski definition) is 1. The molecule has 2 atom stereocenters. The van der Waals surface area contributed by atoms with Gasteiger partial charge in [-0.3, -0.25) is 4.90 Å². The van der Waals surface area contributed by atoms with Gasteiger partial charge < -0.3 is 14.5 Å². The minimum atomic E-state index is -0.361. The number of hydrogen-bond acceptors (Lipinski definition) is 4. The van der Waals surface area contributed by atoms with Crippen LogP contribution >= 0.6 is 0 Å². The first-order valence-electron chi connectivity index (χ1n) is 21.4. The molecule has 0 bridgehead atoms. The highest BCUT2D eigenvalue weighted by molar-refractivity contribution is 5.00. The Morgan fingerprint density at radius 1 is 0.600 bits per heavy atom. The van der Waals surface area contributed by atoms with Crippen LogP contribution in [-0.4, -0.2) is 46.0 Å².